The number of rotatable bonds is 8. The summed E-state index contributed by atoms with van der Waals surface area (Å²) in [5.41, 5.74) is 4.57. The Balaban J connectivity index is 1.55. The molecule has 0 aromatic heterocycles. The highest BCUT2D eigenvalue weighted by Crippen LogP contribution is 2.10. The van der Waals surface area contributed by atoms with Gasteiger partial charge in [0.2, 0.25) is 0 Å². The summed E-state index contributed by atoms with van der Waals surface area (Å²) in [5.74, 6) is 0. The number of carbonyl (C=O) groups excluding carboxylic acids is 1. The third-order valence-electron chi connectivity index (χ3n) is 3.40. The molecule has 2 rings (SSSR count). The monoisotopic (exact) mass is 313 g/mol. The van der Waals surface area contributed by atoms with E-state index in [9.17, 15) is 4.79 Å². The third kappa shape index (κ3) is 6.40. The van der Waals surface area contributed by atoms with Crippen LogP contribution in [-0.4, -0.2) is 26.2 Å². The van der Waals surface area contributed by atoms with Gasteiger partial charge in [0, 0.05) is 25.8 Å². The number of amides is 2. The molecular weight excluding hydrogens is 290 g/mol. The average Bonchev–Trinajstić information content (AvgIpc) is 2.60. The molecule has 0 bridgehead atoms. The SMILES string of the molecule is CN(CCCNC(=O)NOCc1ccccc1)c1ccccc1. The van der Waals surface area contributed by atoms with E-state index in [0.29, 0.717) is 13.2 Å². The lowest BCUT2D eigenvalue weighted by Gasteiger charge is -2.19. The van der Waals surface area contributed by atoms with Crippen molar-refractivity contribution < 1.29 is 9.63 Å². The second-order valence-corrected chi connectivity index (χ2v) is 5.24. The summed E-state index contributed by atoms with van der Waals surface area (Å²) in [4.78, 5) is 18.9. The molecule has 122 valence electrons. The number of hydroxylamine groups is 1. The summed E-state index contributed by atoms with van der Waals surface area (Å²) < 4.78 is 0. The van der Waals surface area contributed by atoms with Crippen LogP contribution in [-0.2, 0) is 11.4 Å². The van der Waals surface area contributed by atoms with Crippen LogP contribution in [0.5, 0.6) is 0 Å². The van der Waals surface area contributed by atoms with Crippen LogP contribution in [0.3, 0.4) is 0 Å². The molecule has 0 aliphatic rings. The van der Waals surface area contributed by atoms with Gasteiger partial charge in [-0.1, -0.05) is 48.5 Å². The first kappa shape index (κ1) is 16.8. The van der Waals surface area contributed by atoms with Gasteiger partial charge in [-0.15, -0.1) is 0 Å². The average molecular weight is 313 g/mol. The lowest BCUT2D eigenvalue weighted by atomic mass is 10.2. The van der Waals surface area contributed by atoms with Crippen LogP contribution in [0.2, 0.25) is 0 Å². The maximum Gasteiger partial charge on any atom is 0.338 e. The summed E-state index contributed by atoms with van der Waals surface area (Å²) in [7, 11) is 2.04. The third-order valence-corrected chi connectivity index (χ3v) is 3.40. The molecule has 0 unspecified atom stereocenters. The first-order chi connectivity index (χ1) is 11.3. The zero-order chi connectivity index (χ0) is 16.3. The zero-order valence-electron chi connectivity index (χ0n) is 13.4. The minimum absolute atomic E-state index is 0.316. The predicted octanol–water partition coefficient (Wildman–Crippen LogP) is 2.94. The lowest BCUT2D eigenvalue weighted by Crippen LogP contribution is -2.36. The maximum atomic E-state index is 11.6. The zero-order valence-corrected chi connectivity index (χ0v) is 13.4. The number of carbonyl (C=O) groups is 1. The quantitative estimate of drug-likeness (QED) is 0.582. The number of urea groups is 1. The first-order valence-electron chi connectivity index (χ1n) is 7.71. The van der Waals surface area contributed by atoms with Gasteiger partial charge in [-0.05, 0) is 24.1 Å². The lowest BCUT2D eigenvalue weighted by molar-refractivity contribution is 0.0491. The van der Waals surface area contributed by atoms with Gasteiger partial charge in [-0.3, -0.25) is 4.84 Å². The number of nitrogens with zero attached hydrogens (tertiary/aromatic N) is 1. The largest absolute Gasteiger partial charge is 0.375 e. The Hall–Kier alpha value is -2.53. The standard InChI is InChI=1S/C18H23N3O2/c1-21(17-11-6-3-7-12-17)14-8-13-19-18(22)20-23-15-16-9-4-2-5-10-16/h2-7,9-12H,8,13-15H2,1H3,(H2,19,20,22). The van der Waals surface area contributed by atoms with Crippen molar-refractivity contribution in [3.8, 4) is 0 Å². The Bertz CT molecular complexity index is 575. The van der Waals surface area contributed by atoms with Crippen molar-refractivity contribution >= 4 is 11.7 Å². The van der Waals surface area contributed by atoms with E-state index >= 15 is 0 Å². The minimum atomic E-state index is -0.316. The highest BCUT2D eigenvalue weighted by Gasteiger charge is 2.02. The van der Waals surface area contributed by atoms with Crippen LogP contribution in [0.25, 0.3) is 0 Å². The Morgan fingerprint density at radius 1 is 1.04 bits per heavy atom. The molecule has 0 saturated heterocycles. The molecule has 2 N–H and O–H groups in total. The molecule has 23 heavy (non-hydrogen) atoms. The van der Waals surface area contributed by atoms with E-state index in [1.54, 1.807) is 0 Å². The number of hydrogen-bond acceptors (Lipinski definition) is 3. The van der Waals surface area contributed by atoms with Gasteiger partial charge < -0.3 is 10.2 Å². The number of hydrogen-bond donors (Lipinski definition) is 2. The van der Waals surface area contributed by atoms with Gasteiger partial charge in [0.25, 0.3) is 0 Å². The van der Waals surface area contributed by atoms with E-state index < -0.39 is 0 Å². The van der Waals surface area contributed by atoms with Gasteiger partial charge in [-0.2, -0.15) is 0 Å². The van der Waals surface area contributed by atoms with E-state index in [-0.39, 0.29) is 6.03 Å². The highest BCUT2D eigenvalue weighted by molar-refractivity contribution is 5.72. The van der Waals surface area contributed by atoms with Crippen molar-refractivity contribution in [3.05, 3.63) is 66.2 Å². The molecule has 2 aromatic carbocycles. The van der Waals surface area contributed by atoms with Crippen molar-refractivity contribution in [1.29, 1.82) is 0 Å². The van der Waals surface area contributed by atoms with Crippen LogP contribution in [0.15, 0.2) is 60.7 Å². The highest BCUT2D eigenvalue weighted by atomic mass is 16.7. The van der Waals surface area contributed by atoms with Gasteiger partial charge in [0.05, 0.1) is 6.61 Å². The molecule has 0 fully saturated rings. The molecular formula is C18H23N3O2. The Labute approximate surface area is 137 Å². The maximum absolute atomic E-state index is 11.6. The molecule has 0 spiro atoms. The fourth-order valence-corrected chi connectivity index (χ4v) is 2.13. The van der Waals surface area contributed by atoms with E-state index in [4.69, 9.17) is 4.84 Å². The molecule has 0 saturated carbocycles. The van der Waals surface area contributed by atoms with Gasteiger partial charge in [0.15, 0.2) is 0 Å². The van der Waals surface area contributed by atoms with Crippen molar-refractivity contribution in [1.82, 2.24) is 10.8 Å². The van der Waals surface area contributed by atoms with Crippen molar-refractivity contribution in [2.45, 2.75) is 13.0 Å². The molecule has 5 nitrogen and oxygen atoms in total. The number of benzene rings is 2. The molecule has 2 aromatic rings. The Kier molecular flexibility index (Phi) is 6.94. The normalized spacial score (nSPS) is 10.1. The van der Waals surface area contributed by atoms with Crippen LogP contribution in [0.1, 0.15) is 12.0 Å². The summed E-state index contributed by atoms with van der Waals surface area (Å²) in [6.07, 6.45) is 0.859. The van der Waals surface area contributed by atoms with Crippen LogP contribution >= 0.6 is 0 Å². The van der Waals surface area contributed by atoms with Crippen LogP contribution in [0.4, 0.5) is 10.5 Å². The van der Waals surface area contributed by atoms with Crippen LogP contribution < -0.4 is 15.7 Å². The topological polar surface area (TPSA) is 53.6 Å². The van der Waals surface area contributed by atoms with Crippen molar-refractivity contribution in [3.63, 3.8) is 0 Å². The molecule has 5 heteroatoms. The smallest absolute Gasteiger partial charge is 0.338 e. The summed E-state index contributed by atoms with van der Waals surface area (Å²) in [6, 6.07) is 19.5. The summed E-state index contributed by atoms with van der Waals surface area (Å²) in [5, 5.41) is 2.77. The fourth-order valence-electron chi connectivity index (χ4n) is 2.13. The second kappa shape index (κ2) is 9.48. The first-order valence-corrected chi connectivity index (χ1v) is 7.71. The van der Waals surface area contributed by atoms with Crippen LogP contribution in [0, 0.1) is 0 Å². The number of nitrogens with one attached hydrogen (secondary N) is 2. The van der Waals surface area contributed by atoms with E-state index in [1.807, 2.05) is 55.6 Å². The van der Waals surface area contributed by atoms with E-state index in [2.05, 4.69) is 27.8 Å². The summed E-state index contributed by atoms with van der Waals surface area (Å²) >= 11 is 0. The van der Waals surface area contributed by atoms with E-state index in [0.717, 1.165) is 18.5 Å². The minimum Gasteiger partial charge on any atom is -0.375 e. The Morgan fingerprint density at radius 3 is 2.39 bits per heavy atom. The predicted molar refractivity (Wildman–Crippen MR) is 92.1 cm³/mol. The number of anilines is 1. The van der Waals surface area contributed by atoms with Crippen molar-refractivity contribution in [2.24, 2.45) is 0 Å². The Morgan fingerprint density at radius 2 is 1.70 bits per heavy atom. The molecule has 0 radical (unpaired) electrons. The molecule has 2 amide bonds. The molecule has 0 atom stereocenters. The second-order valence-electron chi connectivity index (χ2n) is 5.24. The van der Waals surface area contributed by atoms with Gasteiger partial charge in [0.1, 0.15) is 0 Å². The number of para-hydroxylation sites is 1. The van der Waals surface area contributed by atoms with Crippen molar-refractivity contribution in [2.75, 3.05) is 25.0 Å². The molecule has 0 aliphatic carbocycles. The van der Waals surface area contributed by atoms with Gasteiger partial charge >= 0.3 is 6.03 Å². The van der Waals surface area contributed by atoms with Gasteiger partial charge in [-0.25, -0.2) is 10.3 Å². The fraction of sp³-hybridized carbons (Fsp3) is 0.278. The molecule has 0 aliphatic heterocycles. The summed E-state index contributed by atoms with van der Waals surface area (Å²) in [6.45, 7) is 1.82. The van der Waals surface area contributed by atoms with E-state index in [1.165, 1.54) is 5.69 Å². The molecule has 0 heterocycles.